The number of rotatable bonds is 19. The number of phenolic OH excluding ortho intramolecular Hbond substituents is 1. The van der Waals surface area contributed by atoms with Gasteiger partial charge in [-0.15, -0.1) is 0 Å². The lowest BCUT2D eigenvalue weighted by molar-refractivity contribution is -0.0885. The maximum absolute atomic E-state index is 12.3. The van der Waals surface area contributed by atoms with Crippen molar-refractivity contribution in [3.8, 4) is 62.0 Å². The first-order valence-corrected chi connectivity index (χ1v) is 35.7. The average molecular weight is 1480 g/mol. The number of anilines is 7. The number of aromatic hydroxyl groups is 1. The Kier molecular flexibility index (Phi) is 28.4. The van der Waals surface area contributed by atoms with E-state index in [1.807, 2.05) is 118 Å². The fraction of sp³-hybridized carbons (Fsp3) is 0.190. The van der Waals surface area contributed by atoms with Crippen LogP contribution in [0.2, 0.25) is 0 Å². The Bertz CT molecular complexity index is 5190. The molecule has 1 amide bonds. The second kappa shape index (κ2) is 37.8. The van der Waals surface area contributed by atoms with Crippen molar-refractivity contribution < 1.29 is 36.3 Å². The molecule has 0 aliphatic carbocycles. The van der Waals surface area contributed by atoms with E-state index in [0.29, 0.717) is 53.4 Å². The van der Waals surface area contributed by atoms with E-state index in [-0.39, 0.29) is 40.0 Å². The van der Waals surface area contributed by atoms with E-state index < -0.39 is 27.5 Å². The third-order valence-electron chi connectivity index (χ3n) is 16.5. The van der Waals surface area contributed by atoms with Crippen LogP contribution in [0.4, 0.5) is 54.4 Å². The number of amides is 1. The molecular formula is C79H85F3N20O5S. The van der Waals surface area contributed by atoms with Crippen LogP contribution in [-0.2, 0) is 55.2 Å². The van der Waals surface area contributed by atoms with Crippen LogP contribution in [-0.4, -0.2) is 88.3 Å². The van der Waals surface area contributed by atoms with Gasteiger partial charge >= 0.3 is 6.18 Å². The Labute approximate surface area is 624 Å². The van der Waals surface area contributed by atoms with Crippen molar-refractivity contribution in [3.05, 3.63) is 256 Å². The molecule has 29 heteroatoms. The zero-order valence-electron chi connectivity index (χ0n) is 60.3. The molecule has 7 aromatic carbocycles. The van der Waals surface area contributed by atoms with Gasteiger partial charge in [0, 0.05) is 88.0 Å². The summed E-state index contributed by atoms with van der Waals surface area (Å²) < 4.78 is 59.6. The monoisotopic (exact) mass is 1480 g/mol. The van der Waals surface area contributed by atoms with Crippen molar-refractivity contribution in [3.63, 3.8) is 0 Å². The highest BCUT2D eigenvalue weighted by Gasteiger charge is 2.39. The minimum absolute atomic E-state index is 0.0345. The molecule has 0 spiro atoms. The van der Waals surface area contributed by atoms with Crippen molar-refractivity contribution in [2.75, 3.05) is 46.3 Å². The van der Waals surface area contributed by atoms with Gasteiger partial charge in [0.2, 0.25) is 39.8 Å². The molecule has 12 rings (SSSR count). The zero-order valence-corrected chi connectivity index (χ0v) is 61.2. The highest BCUT2D eigenvalue weighted by Crippen LogP contribution is 2.30. The lowest BCUT2D eigenvalue weighted by Crippen LogP contribution is -2.22. The Morgan fingerprint density at radius 1 is 0.472 bits per heavy atom. The average Bonchev–Trinajstić information content (AvgIpc) is 0.860. The minimum Gasteiger partial charge on any atom is -0.507 e. The van der Waals surface area contributed by atoms with E-state index in [9.17, 15) is 36.3 Å². The lowest BCUT2D eigenvalue weighted by Gasteiger charge is -2.10. The fourth-order valence-electron chi connectivity index (χ4n) is 10.7. The largest absolute Gasteiger partial charge is 0.507 e. The third-order valence-corrected chi connectivity index (χ3v) is 17.4. The number of ketones is 1. The topological polar surface area (TPSA) is 450 Å². The summed E-state index contributed by atoms with van der Waals surface area (Å²) in [6, 6.07) is 56.8. The normalized spacial score (nSPS) is 10.9. The van der Waals surface area contributed by atoms with Gasteiger partial charge in [0.25, 0.3) is 11.7 Å². The van der Waals surface area contributed by atoms with E-state index >= 15 is 0 Å². The highest BCUT2D eigenvalue weighted by molar-refractivity contribution is 7.89. The number of aromatic nitrogens is 10. The standard InChI is InChI=1S/C21H24N4O2S.C19H18N4O2.C13H11F3N4O.2C13H16N4/c1-14-5-3-8-19(15(14)2)20-13-17(24-21(22)25-20)7-4-6-16-9-11-18(12-10-16)28(23,26)27;1-2-13-11-16(23-19(20)22-13)12-6-5-7-14(10-12)21-18(25)15-8-3-4-9-17(15)24;1-18-10-6-9(19-12(17)20-10)7-2-4-8(5-3-7)11(21)13(14,15)16;1-2-11-7-12(17-13(15)16-11)10-5-3-9(8-14)4-6-10;1-2-11-7-12(17-13(15)16-11)10-5-3-4-9(6-10)8-14/h3,5,8-13H,4,6-7H2,1-2H3,(H2,22,24,25)(H2,23,26,27);3-11,24H,2H2,1H3,(H,21,25)(H2,20,22,23);2-6H,1H3,(H3,17,18,19,20);2*3-7H,2,8,14H2,1H3,(H2,15,16,17). The fourth-order valence-corrected chi connectivity index (χ4v) is 11.2. The zero-order chi connectivity index (χ0) is 78.2. The van der Waals surface area contributed by atoms with Crippen LogP contribution in [0.3, 0.4) is 0 Å². The lowest BCUT2D eigenvalue weighted by atomic mass is 10.00. The number of phenols is 1. The Morgan fingerprint density at radius 2 is 0.935 bits per heavy atom. The van der Waals surface area contributed by atoms with Gasteiger partial charge in [-0.1, -0.05) is 142 Å². The van der Waals surface area contributed by atoms with E-state index in [2.05, 4.69) is 80.4 Å². The predicted molar refractivity (Wildman–Crippen MR) is 419 cm³/mol. The summed E-state index contributed by atoms with van der Waals surface area (Å²) in [5.41, 5.74) is 57.6. The summed E-state index contributed by atoms with van der Waals surface area (Å²) in [6.07, 6.45) is -0.0347. The maximum Gasteiger partial charge on any atom is 0.454 e. The molecule has 0 saturated heterocycles. The first kappa shape index (κ1) is 81.0. The number of alkyl halides is 3. The van der Waals surface area contributed by atoms with Crippen LogP contribution in [0.15, 0.2) is 199 Å². The van der Waals surface area contributed by atoms with Crippen molar-refractivity contribution in [2.24, 2.45) is 16.6 Å². The van der Waals surface area contributed by atoms with Gasteiger partial charge in [-0.25, -0.2) is 58.4 Å². The molecule has 0 saturated carbocycles. The minimum atomic E-state index is -4.89. The number of benzene rings is 7. The number of carbonyl (C=O) groups excluding carboxylic acids is 2. The molecule has 12 aromatic rings. The number of halogens is 3. The number of aryl methyl sites for hydroxylation is 6. The molecule has 0 aliphatic heterocycles. The molecule has 0 aliphatic rings. The molecule has 5 heterocycles. The van der Waals surface area contributed by atoms with Crippen LogP contribution >= 0.6 is 0 Å². The number of nitrogens with two attached hydrogens (primary N) is 8. The van der Waals surface area contributed by atoms with E-state index in [1.54, 1.807) is 55.6 Å². The van der Waals surface area contributed by atoms with Crippen molar-refractivity contribution in [2.45, 2.75) is 97.3 Å². The first-order valence-electron chi connectivity index (χ1n) is 34.1. The van der Waals surface area contributed by atoms with Gasteiger partial charge in [0.1, 0.15) is 11.6 Å². The van der Waals surface area contributed by atoms with Crippen LogP contribution in [0, 0.1) is 13.8 Å². The van der Waals surface area contributed by atoms with Crippen LogP contribution in [0.1, 0.15) is 98.5 Å². The van der Waals surface area contributed by atoms with Gasteiger partial charge in [-0.3, -0.25) is 9.59 Å². The molecule has 0 fully saturated rings. The summed E-state index contributed by atoms with van der Waals surface area (Å²) in [5.74, 6) is -0.685. The van der Waals surface area contributed by atoms with Crippen LogP contribution < -0.4 is 55.9 Å². The number of sulfonamides is 1. The van der Waals surface area contributed by atoms with E-state index in [4.69, 9.17) is 45.3 Å². The number of primary sulfonamides is 1. The molecule has 0 radical (unpaired) electrons. The first-order chi connectivity index (χ1) is 51.6. The third kappa shape index (κ3) is 23.4. The summed E-state index contributed by atoms with van der Waals surface area (Å²) in [4.78, 5) is 65.4. The molecule has 0 atom stereocenters. The van der Waals surface area contributed by atoms with Crippen LogP contribution in [0.5, 0.6) is 5.75 Å². The van der Waals surface area contributed by atoms with Gasteiger partial charge in [0.05, 0.1) is 38.9 Å². The van der Waals surface area contributed by atoms with Crippen molar-refractivity contribution in [1.29, 1.82) is 0 Å². The van der Waals surface area contributed by atoms with Crippen molar-refractivity contribution >= 4 is 63.0 Å². The molecule has 0 bridgehead atoms. The number of nitrogens with one attached hydrogen (secondary N) is 2. The second-order valence-electron chi connectivity index (χ2n) is 24.3. The molecule has 19 N–H and O–H groups in total. The summed E-state index contributed by atoms with van der Waals surface area (Å²) >= 11 is 0. The SMILES string of the molecule is CCc1cc(-c2ccc(CN)cc2)nc(N)n1.CCc1cc(-c2cccc(CN)c2)nc(N)n1.CCc1cc(-c2cccc(NC(=O)c3ccccc3O)c2)nc(N)n1.CNc1cc(-c2ccc(C(=O)C(F)(F)F)cc2)nc(N)n1.Cc1cccc(-c2cc(CCCc3ccc(S(N)(=O)=O)cc3)nc(N)n2)c1C. The molecule has 0 unspecified atom stereocenters. The molecule has 5 aromatic heterocycles. The van der Waals surface area contributed by atoms with E-state index in [0.717, 1.165) is 129 Å². The maximum atomic E-state index is 12.3. The van der Waals surface area contributed by atoms with Crippen molar-refractivity contribution in [1.82, 2.24) is 49.8 Å². The second-order valence-corrected chi connectivity index (χ2v) is 25.8. The summed E-state index contributed by atoms with van der Waals surface area (Å²) in [6.45, 7) is 11.3. The number of Topliss-reactive ketones (excluding diaryl/α,β-unsaturated/α-hetero) is 1. The van der Waals surface area contributed by atoms with Crippen LogP contribution in [0.25, 0.3) is 56.3 Å². The van der Waals surface area contributed by atoms with Gasteiger partial charge in [-0.05, 0) is 147 Å². The molecule has 25 nitrogen and oxygen atoms in total. The Balaban J connectivity index is 0.000000172. The summed E-state index contributed by atoms with van der Waals surface area (Å²) in [5, 5.41) is 20.5. The number of hydrogen-bond donors (Lipinski definition) is 11. The Morgan fingerprint density at radius 3 is 1.45 bits per heavy atom. The smallest absolute Gasteiger partial charge is 0.454 e. The number of nitrogens with zero attached hydrogens (tertiary/aromatic N) is 10. The molecule has 558 valence electrons. The number of carbonyl (C=O) groups is 2. The number of hydrogen-bond acceptors (Lipinski definition) is 23. The summed E-state index contributed by atoms with van der Waals surface area (Å²) in [7, 11) is -2.01. The predicted octanol–water partition coefficient (Wildman–Crippen LogP) is 12.4. The van der Waals surface area contributed by atoms with E-state index in [1.165, 1.54) is 41.5 Å². The van der Waals surface area contributed by atoms with Gasteiger partial charge in [0.15, 0.2) is 0 Å². The highest BCUT2D eigenvalue weighted by atomic mass is 32.2. The number of nitrogen functional groups attached to an aromatic ring is 5. The molecule has 108 heavy (non-hydrogen) atoms. The number of para-hydroxylation sites is 1. The molecular weight excluding hydrogens is 1400 g/mol. The van der Waals surface area contributed by atoms with Gasteiger partial charge in [-0.2, -0.15) is 18.2 Å². The quantitative estimate of drug-likeness (QED) is 0.0335. The van der Waals surface area contributed by atoms with Gasteiger partial charge < -0.3 is 55.9 Å². The Hall–Kier alpha value is -12.7.